The van der Waals surface area contributed by atoms with Crippen LogP contribution in [0.5, 0.6) is 0 Å². The number of aromatic nitrogens is 2. The second-order valence-electron chi connectivity index (χ2n) is 12.9. The first-order valence-corrected chi connectivity index (χ1v) is 18.8. The molecular formula is C34H54N6O8S2. The molecule has 0 spiro atoms. The van der Waals surface area contributed by atoms with E-state index in [1.807, 2.05) is 26.3 Å². The molecule has 2 aromatic rings. The van der Waals surface area contributed by atoms with Crippen molar-refractivity contribution in [2.75, 3.05) is 33.9 Å². The monoisotopic (exact) mass is 738 g/mol. The van der Waals surface area contributed by atoms with Crippen molar-refractivity contribution in [3.63, 3.8) is 0 Å². The van der Waals surface area contributed by atoms with Crippen LogP contribution in [0, 0.1) is 17.8 Å². The standard InChI is InChI=1S/C28H40N4O6S2.C6H14N2O2/c1-16(2)22(32(5)25(34)12-19-7-6-8-19)14-23(38-18(4)33)27-31-21(15-40-27)26(35)30-20(11-17(3)28(36)37)13-24-29-9-10-39-24;1-8-3-5-10-4-2-6(7)9/h9-10,15-17,19-20,22-23H,6-8,11-14H2,1-5H3,(H,30,35)(H,36,37);8H,2-5H2,1H3,(H2,7,9). The Bertz CT molecular complexity index is 1350. The number of carboxylic acid groups (broad SMARTS) is 1. The molecule has 5 N–H and O–H groups in total. The van der Waals surface area contributed by atoms with Crippen molar-refractivity contribution in [1.82, 2.24) is 25.5 Å². The predicted molar refractivity (Wildman–Crippen MR) is 192 cm³/mol. The van der Waals surface area contributed by atoms with Crippen LogP contribution in [0.1, 0.15) is 99.2 Å². The van der Waals surface area contributed by atoms with E-state index in [1.54, 1.807) is 30.4 Å². The summed E-state index contributed by atoms with van der Waals surface area (Å²) in [6.07, 6.45) is 6.16. The van der Waals surface area contributed by atoms with Crippen LogP contribution in [0.3, 0.4) is 0 Å². The highest BCUT2D eigenvalue weighted by atomic mass is 32.1. The van der Waals surface area contributed by atoms with E-state index >= 15 is 0 Å². The number of esters is 1. The highest BCUT2D eigenvalue weighted by Crippen LogP contribution is 2.33. The zero-order chi connectivity index (χ0) is 37.2. The van der Waals surface area contributed by atoms with Gasteiger partial charge in [-0.1, -0.05) is 27.2 Å². The fraction of sp³-hybridized carbons (Fsp3) is 0.676. The normalized spacial score (nSPS) is 15.1. The van der Waals surface area contributed by atoms with Crippen molar-refractivity contribution >= 4 is 52.3 Å². The zero-order valence-corrected chi connectivity index (χ0v) is 31.6. The molecule has 50 heavy (non-hydrogen) atoms. The molecule has 1 fully saturated rings. The maximum atomic E-state index is 13.2. The molecule has 1 saturated carbocycles. The minimum Gasteiger partial charge on any atom is -0.481 e. The van der Waals surface area contributed by atoms with Crippen LogP contribution in [0.2, 0.25) is 0 Å². The van der Waals surface area contributed by atoms with E-state index in [1.165, 1.54) is 36.0 Å². The Morgan fingerprint density at radius 2 is 1.84 bits per heavy atom. The molecule has 2 heterocycles. The Morgan fingerprint density at radius 1 is 1.12 bits per heavy atom. The van der Waals surface area contributed by atoms with Crippen LogP contribution in [0.25, 0.3) is 0 Å². The van der Waals surface area contributed by atoms with E-state index in [0.717, 1.165) is 24.4 Å². The molecule has 3 rings (SSSR count). The summed E-state index contributed by atoms with van der Waals surface area (Å²) in [6, 6.07) is -0.627. The number of ether oxygens (including phenoxy) is 2. The van der Waals surface area contributed by atoms with Gasteiger partial charge in [-0.05, 0) is 38.1 Å². The van der Waals surface area contributed by atoms with Gasteiger partial charge in [-0.15, -0.1) is 22.7 Å². The van der Waals surface area contributed by atoms with Gasteiger partial charge in [-0.2, -0.15) is 0 Å². The molecule has 16 heteroatoms. The Labute approximate surface area is 302 Å². The van der Waals surface area contributed by atoms with Gasteiger partial charge in [0.05, 0.1) is 24.1 Å². The van der Waals surface area contributed by atoms with E-state index < -0.39 is 35.9 Å². The fourth-order valence-electron chi connectivity index (χ4n) is 5.30. The number of primary amides is 1. The number of carbonyl (C=O) groups is 5. The summed E-state index contributed by atoms with van der Waals surface area (Å²) >= 11 is 2.66. The maximum Gasteiger partial charge on any atom is 0.306 e. The van der Waals surface area contributed by atoms with Gasteiger partial charge in [0.25, 0.3) is 5.91 Å². The Balaban J connectivity index is 0.000000752. The van der Waals surface area contributed by atoms with Crippen molar-refractivity contribution in [2.24, 2.45) is 23.5 Å². The molecule has 280 valence electrons. The number of likely N-dealkylation sites (N-methyl/N-ethyl adjacent to an activating group) is 1. The summed E-state index contributed by atoms with van der Waals surface area (Å²) in [5.74, 6) is -2.16. The SMILES string of the molecule is CC(=O)OC(CC(C(C)C)N(C)C(=O)CC1CCC1)c1nc(C(=O)NC(Cc2nccs2)CC(C)C(=O)O)cs1.CNCCOCCC(N)=O. The number of hydrogen-bond donors (Lipinski definition) is 4. The van der Waals surface area contributed by atoms with Crippen LogP contribution in [0.4, 0.5) is 0 Å². The van der Waals surface area contributed by atoms with Crippen molar-refractivity contribution in [3.05, 3.63) is 32.7 Å². The van der Waals surface area contributed by atoms with Crippen LogP contribution >= 0.6 is 22.7 Å². The van der Waals surface area contributed by atoms with Gasteiger partial charge in [0.15, 0.2) is 6.10 Å². The van der Waals surface area contributed by atoms with E-state index in [-0.39, 0.29) is 35.9 Å². The number of nitrogens with one attached hydrogen (secondary N) is 2. The molecular weight excluding hydrogens is 685 g/mol. The Hall–Kier alpha value is -3.47. The predicted octanol–water partition coefficient (Wildman–Crippen LogP) is 3.82. The topological polar surface area (TPSA) is 203 Å². The number of thiazole rings is 2. The van der Waals surface area contributed by atoms with Gasteiger partial charge in [0.1, 0.15) is 10.7 Å². The summed E-state index contributed by atoms with van der Waals surface area (Å²) in [6.45, 7) is 8.86. The lowest BCUT2D eigenvalue weighted by Gasteiger charge is -2.35. The van der Waals surface area contributed by atoms with Gasteiger partial charge in [-0.25, -0.2) is 9.97 Å². The Morgan fingerprint density at radius 3 is 2.38 bits per heavy atom. The maximum absolute atomic E-state index is 13.2. The van der Waals surface area contributed by atoms with Crippen LogP contribution < -0.4 is 16.4 Å². The molecule has 0 radical (unpaired) electrons. The van der Waals surface area contributed by atoms with E-state index in [9.17, 15) is 29.1 Å². The number of nitrogens with two attached hydrogens (primary N) is 1. The largest absolute Gasteiger partial charge is 0.481 e. The number of nitrogens with zero attached hydrogens (tertiary/aromatic N) is 3. The fourth-order valence-corrected chi connectivity index (χ4v) is 6.84. The molecule has 0 saturated heterocycles. The smallest absolute Gasteiger partial charge is 0.306 e. The van der Waals surface area contributed by atoms with E-state index in [0.29, 0.717) is 49.8 Å². The Kier molecular flexibility index (Phi) is 19.1. The van der Waals surface area contributed by atoms with E-state index in [2.05, 4.69) is 20.6 Å². The first kappa shape index (κ1) is 42.7. The summed E-state index contributed by atoms with van der Waals surface area (Å²) < 4.78 is 10.7. The van der Waals surface area contributed by atoms with Gasteiger partial charge in [0.2, 0.25) is 11.8 Å². The van der Waals surface area contributed by atoms with Crippen LogP contribution in [-0.2, 0) is 35.1 Å². The van der Waals surface area contributed by atoms with Crippen molar-refractivity contribution in [3.8, 4) is 0 Å². The third-order valence-electron chi connectivity index (χ3n) is 8.43. The number of hydrogen-bond acceptors (Lipinski definition) is 12. The minimum absolute atomic E-state index is 0.0889. The molecule has 0 bridgehead atoms. The lowest BCUT2D eigenvalue weighted by molar-refractivity contribution is -0.148. The number of carbonyl (C=O) groups excluding carboxylic acids is 4. The summed E-state index contributed by atoms with van der Waals surface area (Å²) in [4.78, 5) is 70.3. The average Bonchev–Trinajstić information content (AvgIpc) is 3.73. The molecule has 0 aliphatic heterocycles. The highest BCUT2D eigenvalue weighted by Gasteiger charge is 2.32. The van der Waals surface area contributed by atoms with Gasteiger partial charge >= 0.3 is 11.9 Å². The summed E-state index contributed by atoms with van der Waals surface area (Å²) in [5.41, 5.74) is 5.04. The quantitative estimate of drug-likeness (QED) is 0.107. The van der Waals surface area contributed by atoms with Gasteiger partial charge < -0.3 is 35.8 Å². The van der Waals surface area contributed by atoms with Crippen LogP contribution in [0.15, 0.2) is 17.0 Å². The third kappa shape index (κ3) is 15.6. The minimum atomic E-state index is -0.936. The molecule has 2 aromatic heterocycles. The number of carboxylic acids is 1. The number of amides is 3. The molecule has 1 aliphatic carbocycles. The summed E-state index contributed by atoms with van der Waals surface area (Å²) in [5, 5.41) is 19.9. The molecule has 1 aliphatic rings. The first-order chi connectivity index (χ1) is 23.7. The van der Waals surface area contributed by atoms with Crippen molar-refractivity contribution < 1.29 is 38.6 Å². The second-order valence-corrected chi connectivity index (χ2v) is 14.8. The van der Waals surface area contributed by atoms with E-state index in [4.69, 9.17) is 15.2 Å². The highest BCUT2D eigenvalue weighted by molar-refractivity contribution is 7.10. The molecule has 14 nitrogen and oxygen atoms in total. The zero-order valence-electron chi connectivity index (χ0n) is 30.0. The van der Waals surface area contributed by atoms with Crippen molar-refractivity contribution in [1.29, 1.82) is 0 Å². The number of rotatable bonds is 21. The van der Waals surface area contributed by atoms with Crippen molar-refractivity contribution in [2.45, 2.75) is 97.2 Å². The third-order valence-corrected chi connectivity index (χ3v) is 10.2. The number of aliphatic carboxylic acids is 1. The van der Waals surface area contributed by atoms with Crippen LogP contribution in [-0.4, -0.2) is 95.6 Å². The lowest BCUT2D eigenvalue weighted by atomic mass is 9.82. The first-order valence-electron chi connectivity index (χ1n) is 17.0. The van der Waals surface area contributed by atoms with Gasteiger partial charge in [-0.3, -0.25) is 24.0 Å². The molecule has 0 aromatic carbocycles. The average molecular weight is 739 g/mol. The van der Waals surface area contributed by atoms with Gasteiger partial charge in [0, 0.05) is 75.2 Å². The summed E-state index contributed by atoms with van der Waals surface area (Å²) in [7, 11) is 3.65. The lowest BCUT2D eigenvalue weighted by Crippen LogP contribution is -2.42. The second kappa shape index (κ2) is 22.4. The molecule has 4 unspecified atom stereocenters. The molecule has 4 atom stereocenters. The molecule has 3 amide bonds.